The van der Waals surface area contributed by atoms with Gasteiger partial charge in [-0.3, -0.25) is 0 Å². The molecule has 17 heavy (non-hydrogen) atoms. The van der Waals surface area contributed by atoms with Crippen LogP contribution in [0.3, 0.4) is 0 Å². The monoisotopic (exact) mass is 255 g/mol. The Hall–Kier alpha value is -0.620. The van der Waals surface area contributed by atoms with Crippen molar-refractivity contribution in [1.82, 2.24) is 25.5 Å². The second kappa shape index (κ2) is 6.35. The van der Waals surface area contributed by atoms with E-state index in [9.17, 15) is 0 Å². The Morgan fingerprint density at radius 1 is 1.53 bits per heavy atom. The van der Waals surface area contributed by atoms with E-state index in [2.05, 4.69) is 46.5 Å². The minimum atomic E-state index is 0.226. The number of hydrogen-bond donors (Lipinski definition) is 1. The number of tetrazole rings is 1. The summed E-state index contributed by atoms with van der Waals surface area (Å²) in [6.45, 7) is 6.09. The summed E-state index contributed by atoms with van der Waals surface area (Å²) < 4.78 is 1.97. The molecule has 5 nitrogen and oxygen atoms in total. The standard InChI is InChI=1S/C11H21N5S/c1-3-12-9(2)11-13-14-15-16(11)8-10-6-4-5-7-17-10/h9-10,12H,3-8H2,1-2H3. The van der Waals surface area contributed by atoms with Crippen LogP contribution < -0.4 is 5.32 Å². The summed E-state index contributed by atoms with van der Waals surface area (Å²) in [6, 6.07) is 0.226. The summed E-state index contributed by atoms with van der Waals surface area (Å²) in [6.07, 6.45) is 3.99. The maximum Gasteiger partial charge on any atom is 0.167 e. The highest BCUT2D eigenvalue weighted by molar-refractivity contribution is 7.99. The molecule has 0 radical (unpaired) electrons. The molecular formula is C11H21N5S. The molecule has 1 fully saturated rings. The van der Waals surface area contributed by atoms with Crippen LogP contribution in [0.5, 0.6) is 0 Å². The Kier molecular flexibility index (Phi) is 4.79. The molecule has 0 bridgehead atoms. The molecule has 2 heterocycles. The van der Waals surface area contributed by atoms with Crippen LogP contribution in [0.25, 0.3) is 0 Å². The van der Waals surface area contributed by atoms with Gasteiger partial charge in [0, 0.05) is 5.25 Å². The first kappa shape index (κ1) is 12.8. The van der Waals surface area contributed by atoms with E-state index in [1.165, 1.54) is 25.0 Å². The largest absolute Gasteiger partial charge is 0.308 e. The molecule has 2 unspecified atom stereocenters. The van der Waals surface area contributed by atoms with Crippen molar-refractivity contribution in [1.29, 1.82) is 0 Å². The average molecular weight is 255 g/mol. The van der Waals surface area contributed by atoms with Crippen LogP contribution in [0.2, 0.25) is 0 Å². The van der Waals surface area contributed by atoms with Crippen molar-refractivity contribution in [2.24, 2.45) is 0 Å². The molecule has 0 aliphatic carbocycles. The van der Waals surface area contributed by atoms with Crippen LogP contribution in [0, 0.1) is 0 Å². The lowest BCUT2D eigenvalue weighted by atomic mass is 10.2. The van der Waals surface area contributed by atoms with Crippen molar-refractivity contribution in [3.05, 3.63) is 5.82 Å². The smallest absolute Gasteiger partial charge is 0.167 e. The predicted octanol–water partition coefficient (Wildman–Crippen LogP) is 1.63. The van der Waals surface area contributed by atoms with Gasteiger partial charge in [-0.15, -0.1) is 5.10 Å². The fraction of sp³-hybridized carbons (Fsp3) is 0.909. The highest BCUT2D eigenvalue weighted by Gasteiger charge is 2.19. The zero-order valence-electron chi connectivity index (χ0n) is 10.6. The molecule has 1 aliphatic rings. The summed E-state index contributed by atoms with van der Waals surface area (Å²) in [5.41, 5.74) is 0. The van der Waals surface area contributed by atoms with Crippen molar-refractivity contribution in [3.63, 3.8) is 0 Å². The predicted molar refractivity (Wildman–Crippen MR) is 70.0 cm³/mol. The van der Waals surface area contributed by atoms with E-state index in [0.29, 0.717) is 5.25 Å². The molecule has 1 aromatic rings. The summed E-state index contributed by atoms with van der Waals surface area (Å²) in [5.74, 6) is 2.24. The maximum absolute atomic E-state index is 4.13. The van der Waals surface area contributed by atoms with Crippen molar-refractivity contribution in [3.8, 4) is 0 Å². The molecule has 2 atom stereocenters. The lowest BCUT2D eigenvalue weighted by molar-refractivity contribution is 0.474. The third-order valence-electron chi connectivity index (χ3n) is 3.11. The van der Waals surface area contributed by atoms with E-state index in [4.69, 9.17) is 0 Å². The van der Waals surface area contributed by atoms with Crippen LogP contribution in [0.15, 0.2) is 0 Å². The van der Waals surface area contributed by atoms with E-state index < -0.39 is 0 Å². The van der Waals surface area contributed by atoms with Crippen LogP contribution in [-0.4, -0.2) is 37.8 Å². The maximum atomic E-state index is 4.13. The Morgan fingerprint density at radius 3 is 3.12 bits per heavy atom. The van der Waals surface area contributed by atoms with Crippen molar-refractivity contribution < 1.29 is 0 Å². The lowest BCUT2D eigenvalue weighted by Gasteiger charge is -2.22. The van der Waals surface area contributed by atoms with Gasteiger partial charge in [0.05, 0.1) is 12.6 Å². The normalized spacial score (nSPS) is 22.6. The third kappa shape index (κ3) is 3.42. The molecule has 2 rings (SSSR count). The number of rotatable bonds is 5. The molecule has 1 aliphatic heterocycles. The number of nitrogens with one attached hydrogen (secondary N) is 1. The molecule has 0 spiro atoms. The van der Waals surface area contributed by atoms with Gasteiger partial charge in [0.25, 0.3) is 0 Å². The summed E-state index contributed by atoms with van der Waals surface area (Å²) in [4.78, 5) is 0. The van der Waals surface area contributed by atoms with Crippen LogP contribution in [-0.2, 0) is 6.54 Å². The fourth-order valence-corrected chi connectivity index (χ4v) is 3.48. The van der Waals surface area contributed by atoms with Crippen LogP contribution in [0.4, 0.5) is 0 Å². The fourth-order valence-electron chi connectivity index (χ4n) is 2.19. The van der Waals surface area contributed by atoms with Gasteiger partial charge in [0.1, 0.15) is 0 Å². The molecule has 0 aromatic carbocycles. The van der Waals surface area contributed by atoms with Crippen molar-refractivity contribution in [2.75, 3.05) is 12.3 Å². The van der Waals surface area contributed by atoms with E-state index in [0.717, 1.165) is 18.9 Å². The molecule has 0 saturated carbocycles. The number of hydrogen-bond acceptors (Lipinski definition) is 5. The molecule has 1 aromatic heterocycles. The van der Waals surface area contributed by atoms with Crippen LogP contribution in [0.1, 0.15) is 45.0 Å². The zero-order valence-corrected chi connectivity index (χ0v) is 11.4. The molecule has 0 amide bonds. The van der Waals surface area contributed by atoms with Gasteiger partial charge in [-0.25, -0.2) is 4.68 Å². The summed E-state index contributed by atoms with van der Waals surface area (Å²) >= 11 is 2.06. The third-order valence-corrected chi connectivity index (χ3v) is 4.49. The Labute approximate surface area is 107 Å². The lowest BCUT2D eigenvalue weighted by Crippen LogP contribution is -2.25. The van der Waals surface area contributed by atoms with Gasteiger partial charge in [0.2, 0.25) is 0 Å². The second-order valence-corrected chi connectivity index (χ2v) is 5.90. The molecular weight excluding hydrogens is 234 g/mol. The number of thioether (sulfide) groups is 1. The second-order valence-electron chi connectivity index (χ2n) is 4.49. The van der Waals surface area contributed by atoms with Gasteiger partial charge in [-0.1, -0.05) is 13.3 Å². The quantitative estimate of drug-likeness (QED) is 0.866. The Balaban J connectivity index is 1.97. The van der Waals surface area contributed by atoms with E-state index >= 15 is 0 Å². The van der Waals surface area contributed by atoms with Gasteiger partial charge in [-0.05, 0) is 42.5 Å². The molecule has 96 valence electrons. The van der Waals surface area contributed by atoms with E-state index in [1.807, 2.05) is 4.68 Å². The zero-order chi connectivity index (χ0) is 12.1. The van der Waals surface area contributed by atoms with Crippen molar-refractivity contribution in [2.45, 2.75) is 50.9 Å². The number of nitrogens with zero attached hydrogens (tertiary/aromatic N) is 4. The van der Waals surface area contributed by atoms with Crippen molar-refractivity contribution >= 4 is 11.8 Å². The first-order chi connectivity index (χ1) is 8.31. The molecule has 1 saturated heterocycles. The van der Waals surface area contributed by atoms with E-state index in [-0.39, 0.29) is 6.04 Å². The SMILES string of the molecule is CCNC(C)c1nnnn1CC1CCCCS1. The topological polar surface area (TPSA) is 55.6 Å². The van der Waals surface area contributed by atoms with E-state index in [1.54, 1.807) is 0 Å². The number of aromatic nitrogens is 4. The molecule has 6 heteroatoms. The Morgan fingerprint density at radius 2 is 2.41 bits per heavy atom. The Bertz CT molecular complexity index is 334. The van der Waals surface area contributed by atoms with Gasteiger partial charge in [0.15, 0.2) is 5.82 Å². The molecule has 1 N–H and O–H groups in total. The highest BCUT2D eigenvalue weighted by atomic mass is 32.2. The minimum absolute atomic E-state index is 0.226. The summed E-state index contributed by atoms with van der Waals surface area (Å²) in [7, 11) is 0. The first-order valence-corrected chi connectivity index (χ1v) is 7.47. The summed E-state index contributed by atoms with van der Waals surface area (Å²) in [5, 5.41) is 16.1. The van der Waals surface area contributed by atoms with Gasteiger partial charge in [-0.2, -0.15) is 11.8 Å². The van der Waals surface area contributed by atoms with Gasteiger partial charge >= 0.3 is 0 Å². The average Bonchev–Trinajstić information content (AvgIpc) is 2.79. The minimum Gasteiger partial charge on any atom is -0.308 e. The highest BCUT2D eigenvalue weighted by Crippen LogP contribution is 2.26. The van der Waals surface area contributed by atoms with Gasteiger partial charge < -0.3 is 5.32 Å². The van der Waals surface area contributed by atoms with Crippen LogP contribution >= 0.6 is 11.8 Å². The first-order valence-electron chi connectivity index (χ1n) is 6.42.